The van der Waals surface area contributed by atoms with Crippen molar-refractivity contribution >= 4 is 17.9 Å². The van der Waals surface area contributed by atoms with E-state index in [9.17, 15) is 4.79 Å². The molecule has 5 nitrogen and oxygen atoms in total. The molecule has 0 bridgehead atoms. The average Bonchev–Trinajstić information content (AvgIpc) is 2.73. The normalized spacial score (nSPS) is 10.4. The molecule has 3 rings (SSSR count). The Morgan fingerprint density at radius 1 is 0.926 bits per heavy atom. The summed E-state index contributed by atoms with van der Waals surface area (Å²) in [6.07, 6.45) is 1.74. The quantitative estimate of drug-likeness (QED) is 0.382. The van der Waals surface area contributed by atoms with Crippen molar-refractivity contribution < 1.29 is 14.3 Å². The van der Waals surface area contributed by atoms with E-state index in [0.717, 1.165) is 17.0 Å². The standard InChI is InChI=1S/C22H16N2O3/c1-26-20-10-4-17(5-11-20)15-24-19-8-6-18(7-9-19)22(25)27-21-12-2-16(14-23)3-13-21/h2-13,15H,1H3. The minimum absolute atomic E-state index is 0.389. The molecule has 0 unspecified atom stereocenters. The molecule has 0 saturated carbocycles. The first kappa shape index (κ1) is 17.9. The lowest BCUT2D eigenvalue weighted by molar-refractivity contribution is 0.0735. The molecule has 3 aromatic rings. The Morgan fingerprint density at radius 2 is 1.56 bits per heavy atom. The van der Waals surface area contributed by atoms with Gasteiger partial charge in [-0.25, -0.2) is 4.79 Å². The minimum atomic E-state index is -0.467. The molecule has 0 N–H and O–H groups in total. The fraction of sp³-hybridized carbons (Fsp3) is 0.0455. The van der Waals surface area contributed by atoms with E-state index < -0.39 is 5.97 Å². The summed E-state index contributed by atoms with van der Waals surface area (Å²) in [4.78, 5) is 16.6. The van der Waals surface area contributed by atoms with Crippen molar-refractivity contribution in [2.75, 3.05) is 7.11 Å². The fourth-order valence-electron chi connectivity index (χ4n) is 2.29. The average molecular weight is 356 g/mol. The van der Waals surface area contributed by atoms with Crippen LogP contribution in [0.3, 0.4) is 0 Å². The molecule has 0 heterocycles. The van der Waals surface area contributed by atoms with E-state index in [-0.39, 0.29) is 0 Å². The number of nitriles is 1. The van der Waals surface area contributed by atoms with Crippen LogP contribution in [0.25, 0.3) is 0 Å². The summed E-state index contributed by atoms with van der Waals surface area (Å²) >= 11 is 0. The minimum Gasteiger partial charge on any atom is -0.497 e. The third kappa shape index (κ3) is 4.80. The molecule has 0 aliphatic carbocycles. The molecule has 3 aromatic carbocycles. The number of methoxy groups -OCH3 is 1. The van der Waals surface area contributed by atoms with Gasteiger partial charge in [0.15, 0.2) is 0 Å². The molecule has 27 heavy (non-hydrogen) atoms. The van der Waals surface area contributed by atoms with Crippen LogP contribution in [0.1, 0.15) is 21.5 Å². The summed E-state index contributed by atoms with van der Waals surface area (Å²) in [6, 6.07) is 22.7. The third-order valence-electron chi connectivity index (χ3n) is 3.78. The number of nitrogens with zero attached hydrogens (tertiary/aromatic N) is 2. The maximum absolute atomic E-state index is 12.2. The van der Waals surface area contributed by atoms with Gasteiger partial charge in [0.1, 0.15) is 11.5 Å². The largest absolute Gasteiger partial charge is 0.497 e. The van der Waals surface area contributed by atoms with Crippen molar-refractivity contribution in [2.45, 2.75) is 0 Å². The maximum Gasteiger partial charge on any atom is 0.343 e. The summed E-state index contributed by atoms with van der Waals surface area (Å²) in [6.45, 7) is 0. The number of ether oxygens (including phenoxy) is 2. The van der Waals surface area contributed by atoms with Crippen molar-refractivity contribution in [3.05, 3.63) is 89.5 Å². The third-order valence-corrected chi connectivity index (χ3v) is 3.78. The molecule has 0 aliphatic heterocycles. The molecule has 132 valence electrons. The first-order valence-electron chi connectivity index (χ1n) is 8.18. The SMILES string of the molecule is COc1ccc(C=Nc2ccc(C(=O)Oc3ccc(C#N)cc3)cc2)cc1. The first-order chi connectivity index (χ1) is 13.2. The second kappa shape index (κ2) is 8.45. The number of rotatable bonds is 5. The van der Waals surface area contributed by atoms with Crippen molar-refractivity contribution in [3.8, 4) is 17.6 Å². The van der Waals surface area contributed by atoms with Crippen LogP contribution in [-0.4, -0.2) is 19.3 Å². The predicted molar refractivity (Wildman–Crippen MR) is 103 cm³/mol. The van der Waals surface area contributed by atoms with Crippen LogP contribution in [-0.2, 0) is 0 Å². The Kier molecular flexibility index (Phi) is 5.60. The van der Waals surface area contributed by atoms with E-state index in [1.165, 1.54) is 0 Å². The van der Waals surface area contributed by atoms with E-state index >= 15 is 0 Å². The highest BCUT2D eigenvalue weighted by Crippen LogP contribution is 2.17. The van der Waals surface area contributed by atoms with Crippen LogP contribution in [0.4, 0.5) is 5.69 Å². The molecule has 0 saturated heterocycles. The fourth-order valence-corrected chi connectivity index (χ4v) is 2.29. The van der Waals surface area contributed by atoms with Gasteiger partial charge < -0.3 is 9.47 Å². The lowest BCUT2D eigenvalue weighted by Crippen LogP contribution is -2.08. The molecule has 5 heteroatoms. The number of aliphatic imine (C=N–C) groups is 1. The number of benzene rings is 3. The van der Waals surface area contributed by atoms with E-state index in [1.807, 2.05) is 30.3 Å². The van der Waals surface area contributed by atoms with Gasteiger partial charge in [0.05, 0.1) is 30.0 Å². The number of hydrogen-bond acceptors (Lipinski definition) is 5. The summed E-state index contributed by atoms with van der Waals surface area (Å²) in [5.41, 5.74) is 2.59. The van der Waals surface area contributed by atoms with Crippen molar-refractivity contribution in [1.82, 2.24) is 0 Å². The molecule has 0 amide bonds. The smallest absolute Gasteiger partial charge is 0.343 e. The van der Waals surface area contributed by atoms with Crippen LogP contribution in [0.2, 0.25) is 0 Å². The van der Waals surface area contributed by atoms with Crippen LogP contribution in [0.15, 0.2) is 77.8 Å². The number of carbonyl (C=O) groups excluding carboxylic acids is 1. The van der Waals surface area contributed by atoms with E-state index in [4.69, 9.17) is 14.7 Å². The molecule has 0 aliphatic rings. The first-order valence-corrected chi connectivity index (χ1v) is 8.18. The monoisotopic (exact) mass is 356 g/mol. The van der Waals surface area contributed by atoms with Crippen molar-refractivity contribution in [2.24, 2.45) is 4.99 Å². The van der Waals surface area contributed by atoms with Gasteiger partial charge in [0.25, 0.3) is 0 Å². The Morgan fingerprint density at radius 3 is 2.15 bits per heavy atom. The highest BCUT2D eigenvalue weighted by molar-refractivity contribution is 5.91. The topological polar surface area (TPSA) is 71.7 Å². The zero-order valence-corrected chi connectivity index (χ0v) is 14.6. The van der Waals surface area contributed by atoms with Gasteiger partial charge in [-0.2, -0.15) is 5.26 Å². The van der Waals surface area contributed by atoms with Gasteiger partial charge in [-0.05, 0) is 78.4 Å². The maximum atomic E-state index is 12.2. The molecule has 0 fully saturated rings. The van der Waals surface area contributed by atoms with Gasteiger partial charge in [-0.1, -0.05) is 0 Å². The van der Waals surface area contributed by atoms with Gasteiger partial charge in [-0.15, -0.1) is 0 Å². The lowest BCUT2D eigenvalue weighted by atomic mass is 10.2. The van der Waals surface area contributed by atoms with Crippen molar-refractivity contribution in [3.63, 3.8) is 0 Å². The van der Waals surface area contributed by atoms with Gasteiger partial charge in [0, 0.05) is 6.21 Å². The Labute approximate surface area is 157 Å². The lowest BCUT2D eigenvalue weighted by Gasteiger charge is -2.04. The number of hydrogen-bond donors (Lipinski definition) is 0. The van der Waals surface area contributed by atoms with Crippen LogP contribution in [0.5, 0.6) is 11.5 Å². The summed E-state index contributed by atoms with van der Waals surface area (Å²) in [5.74, 6) is 0.711. The number of carbonyl (C=O) groups is 1. The summed E-state index contributed by atoms with van der Waals surface area (Å²) < 4.78 is 10.4. The molecular formula is C22H16N2O3. The Hall–Kier alpha value is -3.91. The highest BCUT2D eigenvalue weighted by Gasteiger charge is 2.08. The zero-order chi connectivity index (χ0) is 19.1. The molecular weight excluding hydrogens is 340 g/mol. The van der Waals surface area contributed by atoms with Crippen LogP contribution < -0.4 is 9.47 Å². The predicted octanol–water partition coefficient (Wildman–Crippen LogP) is 4.54. The molecule has 0 aromatic heterocycles. The van der Waals surface area contributed by atoms with Crippen LogP contribution in [0, 0.1) is 11.3 Å². The molecule has 0 atom stereocenters. The van der Waals surface area contributed by atoms with E-state index in [0.29, 0.717) is 16.9 Å². The van der Waals surface area contributed by atoms with E-state index in [1.54, 1.807) is 61.9 Å². The van der Waals surface area contributed by atoms with Gasteiger partial charge in [0.2, 0.25) is 0 Å². The number of esters is 1. The summed E-state index contributed by atoms with van der Waals surface area (Å²) in [7, 11) is 1.62. The van der Waals surface area contributed by atoms with Gasteiger partial charge >= 0.3 is 5.97 Å². The van der Waals surface area contributed by atoms with Crippen LogP contribution >= 0.6 is 0 Å². The van der Waals surface area contributed by atoms with Gasteiger partial charge in [-0.3, -0.25) is 4.99 Å². The Balaban J connectivity index is 1.64. The second-order valence-electron chi connectivity index (χ2n) is 5.60. The second-order valence-corrected chi connectivity index (χ2v) is 5.60. The van der Waals surface area contributed by atoms with E-state index in [2.05, 4.69) is 4.99 Å². The molecule has 0 radical (unpaired) electrons. The summed E-state index contributed by atoms with van der Waals surface area (Å²) in [5, 5.41) is 8.78. The zero-order valence-electron chi connectivity index (χ0n) is 14.6. The van der Waals surface area contributed by atoms with Crippen molar-refractivity contribution in [1.29, 1.82) is 5.26 Å². The highest BCUT2D eigenvalue weighted by atomic mass is 16.5. The molecule has 0 spiro atoms. The Bertz CT molecular complexity index is 984.